The molecule has 0 heterocycles. The van der Waals surface area contributed by atoms with E-state index < -0.39 is 52.5 Å². The van der Waals surface area contributed by atoms with Crippen molar-refractivity contribution in [2.75, 3.05) is 0 Å². The van der Waals surface area contributed by atoms with Gasteiger partial charge in [-0.2, -0.15) is 34.8 Å². The van der Waals surface area contributed by atoms with Crippen molar-refractivity contribution in [2.24, 2.45) is 0 Å². The van der Waals surface area contributed by atoms with Crippen LogP contribution in [0.15, 0.2) is 66.7 Å². The van der Waals surface area contributed by atoms with Gasteiger partial charge in [0.25, 0.3) is 0 Å². The van der Waals surface area contributed by atoms with Crippen LogP contribution in [0, 0.1) is 7.14 Å². The van der Waals surface area contributed by atoms with E-state index in [1.807, 2.05) is 42.5 Å². The Morgan fingerprint density at radius 1 is 0.727 bits per heavy atom. The summed E-state index contributed by atoms with van der Waals surface area (Å²) in [4.78, 5) is 0. The Balaban J connectivity index is 0.000000414. The van der Waals surface area contributed by atoms with Crippen molar-refractivity contribution < 1.29 is 73.1 Å². The van der Waals surface area contributed by atoms with E-state index in [9.17, 15) is 34.8 Å². The van der Waals surface area contributed by atoms with Crippen molar-refractivity contribution in [2.45, 2.75) is 11.0 Å². The van der Waals surface area contributed by atoms with E-state index >= 15 is 0 Å². The van der Waals surface area contributed by atoms with Crippen LogP contribution in [0.1, 0.15) is 0 Å². The standard InChI is InChI=1S/C17H11F3IO3S.CHF3O3S/c18-17(19,20)25(22,23)24-16-8-4-3-7-15(16)21-14-10-9-12-5-1-2-6-13(12)11-14;2-1(3,4)8(5,6)7/h1-11H;(H,5,6,7)/q+1;/p-1. The maximum absolute atomic E-state index is 12.5. The van der Waals surface area contributed by atoms with Crippen LogP contribution in [-0.2, 0) is 20.2 Å². The van der Waals surface area contributed by atoms with Gasteiger partial charge < -0.3 is 8.74 Å². The van der Waals surface area contributed by atoms with Crippen molar-refractivity contribution in [3.8, 4) is 5.75 Å². The lowest BCUT2D eigenvalue weighted by Gasteiger charge is -2.08. The van der Waals surface area contributed by atoms with E-state index in [2.05, 4.69) is 4.18 Å². The first kappa shape index (κ1) is 27.1. The minimum atomic E-state index is -6.09. The van der Waals surface area contributed by atoms with Crippen molar-refractivity contribution in [1.82, 2.24) is 0 Å². The Labute approximate surface area is 194 Å². The van der Waals surface area contributed by atoms with Gasteiger partial charge in [0, 0.05) is 0 Å². The molecular weight excluding hydrogens is 617 g/mol. The van der Waals surface area contributed by atoms with Crippen LogP contribution >= 0.6 is 0 Å². The van der Waals surface area contributed by atoms with Crippen LogP contribution in [0.4, 0.5) is 26.3 Å². The molecule has 0 saturated carbocycles. The number of para-hydroxylation sites is 1. The first-order chi connectivity index (χ1) is 15.0. The number of halogens is 7. The molecule has 0 amide bonds. The summed E-state index contributed by atoms with van der Waals surface area (Å²) in [6.45, 7) is 0. The maximum Gasteiger partial charge on any atom is 0.534 e. The highest BCUT2D eigenvalue weighted by atomic mass is 127. The zero-order chi connectivity index (χ0) is 25.1. The quantitative estimate of drug-likeness (QED) is 0.142. The van der Waals surface area contributed by atoms with Crippen molar-refractivity contribution in [3.05, 3.63) is 73.9 Å². The lowest BCUT2D eigenvalue weighted by atomic mass is 10.1. The summed E-state index contributed by atoms with van der Waals surface area (Å²) < 4.78 is 125. The topological polar surface area (TPSA) is 101 Å². The Hall–Kier alpha value is -2.11. The van der Waals surface area contributed by atoms with Gasteiger partial charge in [0.2, 0.25) is 3.57 Å². The summed E-state index contributed by atoms with van der Waals surface area (Å²) in [5, 5.41) is 2.07. The largest absolute Gasteiger partial charge is 0.741 e. The summed E-state index contributed by atoms with van der Waals surface area (Å²) in [5.41, 5.74) is -11.1. The number of rotatable bonds is 4. The molecule has 0 aliphatic carbocycles. The summed E-state index contributed by atoms with van der Waals surface area (Å²) >= 11 is -0.916. The van der Waals surface area contributed by atoms with E-state index in [0.29, 0.717) is 3.57 Å². The fourth-order valence-electron chi connectivity index (χ4n) is 2.09. The number of hydrogen-bond donors (Lipinski definition) is 0. The first-order valence-corrected chi connectivity index (χ1v) is 13.2. The van der Waals surface area contributed by atoms with Crippen molar-refractivity contribution in [3.63, 3.8) is 0 Å². The molecule has 0 saturated heterocycles. The zero-order valence-corrected chi connectivity index (χ0v) is 19.6. The molecule has 0 spiro atoms. The van der Waals surface area contributed by atoms with Gasteiger partial charge in [0.1, 0.15) is 0 Å². The van der Waals surface area contributed by atoms with Crippen LogP contribution in [0.3, 0.4) is 0 Å². The van der Waals surface area contributed by atoms with E-state index in [-0.39, 0.29) is 5.75 Å². The average molecular weight is 628 g/mol. The second-order valence-electron chi connectivity index (χ2n) is 5.90. The maximum atomic E-state index is 12.5. The van der Waals surface area contributed by atoms with Crippen molar-refractivity contribution in [1.29, 1.82) is 0 Å². The first-order valence-electron chi connectivity index (χ1n) is 8.27. The van der Waals surface area contributed by atoms with Crippen LogP contribution in [0.25, 0.3) is 10.8 Å². The molecule has 180 valence electrons. The van der Waals surface area contributed by atoms with Gasteiger partial charge in [-0.15, -0.1) is 0 Å². The van der Waals surface area contributed by atoms with Gasteiger partial charge in [-0.1, -0.05) is 36.4 Å². The predicted octanol–water partition coefficient (Wildman–Crippen LogP) is 1.25. The molecule has 0 atom stereocenters. The minimum absolute atomic E-state index is 0.277. The van der Waals surface area contributed by atoms with Gasteiger partial charge in [-0.25, -0.2) is 8.42 Å². The number of fused-ring (bicyclic) bond motifs is 1. The Morgan fingerprint density at radius 2 is 1.24 bits per heavy atom. The molecule has 3 aromatic rings. The van der Waals surface area contributed by atoms with Gasteiger partial charge in [0.05, 0.1) is 0 Å². The van der Waals surface area contributed by atoms with E-state index in [1.54, 1.807) is 12.1 Å². The smallest absolute Gasteiger partial charge is 0.534 e. The third-order valence-corrected chi connectivity index (χ3v) is 7.82. The van der Waals surface area contributed by atoms with Crippen molar-refractivity contribution >= 4 is 31.0 Å². The van der Waals surface area contributed by atoms with E-state index in [0.717, 1.165) is 14.3 Å². The van der Waals surface area contributed by atoms with Gasteiger partial charge in [-0.3, -0.25) is 0 Å². The normalized spacial score (nSPS) is 12.7. The Bertz CT molecular complexity index is 1340. The molecule has 15 heteroatoms. The monoisotopic (exact) mass is 628 g/mol. The molecule has 3 rings (SSSR count). The fraction of sp³-hybridized carbons (Fsp3) is 0.111. The number of hydrogen-bond acceptors (Lipinski definition) is 6. The Kier molecular flexibility index (Phi) is 8.24. The molecule has 3 aromatic carbocycles. The molecule has 0 unspecified atom stereocenters. The van der Waals surface area contributed by atoms with Gasteiger partial charge in [0.15, 0.2) is 19.4 Å². The summed E-state index contributed by atoms with van der Waals surface area (Å²) in [5.74, 6) is -0.277. The molecular formula is C18H11F6IO6S2. The van der Waals surface area contributed by atoms with Gasteiger partial charge >= 0.3 is 42.3 Å². The predicted molar refractivity (Wildman–Crippen MR) is 99.1 cm³/mol. The molecule has 0 aromatic heterocycles. The lowest BCUT2D eigenvalue weighted by Crippen LogP contribution is -3.61. The zero-order valence-electron chi connectivity index (χ0n) is 15.8. The molecule has 0 N–H and O–H groups in total. The van der Waals surface area contributed by atoms with E-state index in [1.165, 1.54) is 12.1 Å². The second-order valence-corrected chi connectivity index (χ2v) is 11.8. The highest BCUT2D eigenvalue weighted by Gasteiger charge is 2.49. The lowest BCUT2D eigenvalue weighted by molar-refractivity contribution is -0.597. The molecule has 0 bridgehead atoms. The molecule has 6 nitrogen and oxygen atoms in total. The molecule has 0 aliphatic rings. The van der Waals surface area contributed by atoms with Crippen LogP contribution in [0.5, 0.6) is 5.75 Å². The van der Waals surface area contributed by atoms with Crippen LogP contribution in [0.2, 0.25) is 0 Å². The minimum Gasteiger partial charge on any atom is -0.741 e. The molecule has 33 heavy (non-hydrogen) atoms. The Morgan fingerprint density at radius 3 is 1.79 bits per heavy atom. The second kappa shape index (κ2) is 10.0. The van der Waals surface area contributed by atoms with Crippen LogP contribution < -0.4 is 25.4 Å². The summed E-state index contributed by atoms with van der Waals surface area (Å²) in [7, 11) is -11.8. The molecule has 0 fully saturated rings. The highest BCUT2D eigenvalue weighted by Crippen LogP contribution is 2.26. The fourth-order valence-corrected chi connectivity index (χ4v) is 5.18. The molecule has 0 radical (unpaired) electrons. The SMILES string of the molecule is O=S(=O)(Oc1ccccc1[I+]c1ccc2ccccc2c1)C(F)(F)F.O=S(=O)([O-])C(F)(F)F. The highest BCUT2D eigenvalue weighted by molar-refractivity contribution is 7.88. The average Bonchev–Trinajstić information content (AvgIpc) is 2.67. The van der Waals surface area contributed by atoms with E-state index in [4.69, 9.17) is 13.0 Å². The molecule has 0 aliphatic heterocycles. The number of alkyl halides is 6. The third kappa shape index (κ3) is 7.44. The van der Waals surface area contributed by atoms with Gasteiger partial charge in [-0.05, 0) is 41.1 Å². The third-order valence-electron chi connectivity index (χ3n) is 3.53. The number of benzene rings is 3. The summed E-state index contributed by atoms with van der Waals surface area (Å²) in [6.07, 6.45) is 0. The van der Waals surface area contributed by atoms with Crippen LogP contribution in [-0.4, -0.2) is 32.4 Å². The summed E-state index contributed by atoms with van der Waals surface area (Å²) in [6, 6.07) is 19.4.